The molecule has 0 fully saturated rings. The van der Waals surface area contributed by atoms with E-state index in [2.05, 4.69) is 173 Å². The first-order valence-electron chi connectivity index (χ1n) is 19.9. The zero-order valence-electron chi connectivity index (χ0n) is 32.2. The lowest BCUT2D eigenvalue weighted by Crippen LogP contribution is -2.43. The summed E-state index contributed by atoms with van der Waals surface area (Å²) in [6.45, 7) is 7.74. The standard InChI is InChI=1S/C53H33N4OP/c1-54-37-19-21-39(22-20-37)56-43-11-6-12-44-53(43)59(58,45-29-35-15-13-31-7-4-9-33-17-27-41(51(45)56)49(35)47(31)33)46-30-36-16-14-32-8-5-10-34-18-28-42(50(36)48(32)34)52(46)57(44)40-25-23-38(24-26-40)55(2)3/h4-30H,2-3H3. The summed E-state index contributed by atoms with van der Waals surface area (Å²) in [6.07, 6.45) is 0. The molecule has 13 rings (SSSR count). The van der Waals surface area contributed by atoms with Crippen molar-refractivity contribution >= 4 is 133 Å². The summed E-state index contributed by atoms with van der Waals surface area (Å²) in [7, 11) is 0.474. The Hall–Kier alpha value is -7.38. The second kappa shape index (κ2) is 11.4. The normalized spacial score (nSPS) is 15.7. The molecule has 2 aliphatic heterocycles. The monoisotopic (exact) mass is 772 g/mol. The summed E-state index contributed by atoms with van der Waals surface area (Å²) >= 11 is 0. The van der Waals surface area contributed by atoms with E-state index in [4.69, 9.17) is 6.57 Å². The fourth-order valence-electron chi connectivity index (χ4n) is 10.4. The predicted molar refractivity (Wildman–Crippen MR) is 250 cm³/mol. The quantitative estimate of drug-likeness (QED) is 0.102. The van der Waals surface area contributed by atoms with Crippen molar-refractivity contribution in [3.8, 4) is 0 Å². The maximum atomic E-state index is 17.6. The van der Waals surface area contributed by atoms with E-state index in [-0.39, 0.29) is 0 Å². The molecule has 11 aromatic carbocycles. The van der Waals surface area contributed by atoms with Crippen LogP contribution < -0.4 is 30.6 Å². The lowest BCUT2D eigenvalue weighted by molar-refractivity contribution is 0.592. The van der Waals surface area contributed by atoms with Crippen molar-refractivity contribution in [2.45, 2.75) is 0 Å². The average molecular weight is 773 g/mol. The zero-order valence-corrected chi connectivity index (χ0v) is 33.1. The highest BCUT2D eigenvalue weighted by Crippen LogP contribution is 2.64. The number of benzene rings is 11. The molecule has 1 unspecified atom stereocenters. The first-order valence-corrected chi connectivity index (χ1v) is 21.6. The molecule has 0 radical (unpaired) electrons. The average Bonchev–Trinajstić information content (AvgIpc) is 3.28. The molecule has 6 heteroatoms. The molecule has 0 saturated carbocycles. The topological polar surface area (TPSA) is 31.2 Å². The SMILES string of the molecule is [C-]#[N+]c1ccc(N2c3cccc4c3P(=O)(c3cc5ccc6cccc7ccc(c32)c5c67)c2cc3ccc5cccc6ccc(c2N4c2ccc(N(C)C)cc2)c3c56)cc1. The summed E-state index contributed by atoms with van der Waals surface area (Å²) in [6, 6.07) is 58.2. The van der Waals surface area contributed by atoms with Crippen LogP contribution in [0, 0.1) is 6.57 Å². The van der Waals surface area contributed by atoms with Crippen LogP contribution in [0.2, 0.25) is 0 Å². The molecule has 0 amide bonds. The Morgan fingerprint density at radius 2 is 0.915 bits per heavy atom. The summed E-state index contributed by atoms with van der Waals surface area (Å²) in [5, 5.41) is 16.3. The Labute approximate surface area is 340 Å². The van der Waals surface area contributed by atoms with Crippen molar-refractivity contribution < 1.29 is 4.57 Å². The van der Waals surface area contributed by atoms with E-state index in [0.717, 1.165) is 77.3 Å². The molecule has 276 valence electrons. The van der Waals surface area contributed by atoms with Crippen LogP contribution in [0.1, 0.15) is 0 Å². The summed E-state index contributed by atoms with van der Waals surface area (Å²) < 4.78 is 17.6. The first kappa shape index (κ1) is 32.7. The van der Waals surface area contributed by atoms with Gasteiger partial charge in [-0.3, -0.25) is 0 Å². The van der Waals surface area contributed by atoms with Crippen LogP contribution in [0.5, 0.6) is 0 Å². The van der Waals surface area contributed by atoms with Gasteiger partial charge in [0.2, 0.25) is 0 Å². The van der Waals surface area contributed by atoms with Gasteiger partial charge in [-0.25, -0.2) is 4.85 Å². The van der Waals surface area contributed by atoms with Gasteiger partial charge in [-0.2, -0.15) is 0 Å². The third kappa shape index (κ3) is 4.11. The zero-order chi connectivity index (χ0) is 39.3. The van der Waals surface area contributed by atoms with Crippen LogP contribution in [-0.2, 0) is 4.57 Å². The second-order valence-corrected chi connectivity index (χ2v) is 18.8. The van der Waals surface area contributed by atoms with Crippen molar-refractivity contribution in [1.82, 2.24) is 0 Å². The maximum absolute atomic E-state index is 17.6. The van der Waals surface area contributed by atoms with Gasteiger partial charge >= 0.3 is 0 Å². The number of nitrogens with zero attached hydrogens (tertiary/aromatic N) is 4. The van der Waals surface area contributed by atoms with E-state index in [1.807, 2.05) is 24.3 Å². The molecule has 0 bridgehead atoms. The Balaban J connectivity index is 1.23. The lowest BCUT2D eigenvalue weighted by Gasteiger charge is -2.45. The summed E-state index contributed by atoms with van der Waals surface area (Å²) in [5.41, 5.74) is 7.28. The Bertz CT molecular complexity index is 3670. The molecule has 59 heavy (non-hydrogen) atoms. The van der Waals surface area contributed by atoms with Crippen LogP contribution in [0.3, 0.4) is 0 Å². The molecule has 1 atom stereocenters. The Morgan fingerprint density at radius 1 is 0.492 bits per heavy atom. The fraction of sp³-hybridized carbons (Fsp3) is 0.0377. The first-order chi connectivity index (χ1) is 28.9. The van der Waals surface area contributed by atoms with E-state index in [1.54, 1.807) is 0 Å². The van der Waals surface area contributed by atoms with E-state index < -0.39 is 7.14 Å². The van der Waals surface area contributed by atoms with Crippen molar-refractivity contribution in [1.29, 1.82) is 0 Å². The predicted octanol–water partition coefficient (Wildman–Crippen LogP) is 13.3. The maximum Gasteiger partial charge on any atom is 0.187 e. The van der Waals surface area contributed by atoms with E-state index in [0.29, 0.717) is 5.69 Å². The van der Waals surface area contributed by atoms with Crippen molar-refractivity contribution in [3.05, 3.63) is 175 Å². The van der Waals surface area contributed by atoms with Gasteiger partial charge in [0.15, 0.2) is 12.8 Å². The molecule has 2 heterocycles. The highest BCUT2D eigenvalue weighted by Gasteiger charge is 2.50. The fourth-order valence-corrected chi connectivity index (χ4v) is 13.9. The number of rotatable bonds is 3. The van der Waals surface area contributed by atoms with Crippen LogP contribution >= 0.6 is 7.14 Å². The Morgan fingerprint density at radius 3 is 1.37 bits per heavy atom. The largest absolute Gasteiger partial charge is 0.378 e. The number of hydrogen-bond acceptors (Lipinski definition) is 4. The highest BCUT2D eigenvalue weighted by atomic mass is 31.2. The third-order valence-electron chi connectivity index (χ3n) is 13.0. The van der Waals surface area contributed by atoms with Crippen LogP contribution in [-0.4, -0.2) is 14.1 Å². The van der Waals surface area contributed by atoms with Gasteiger partial charge in [-0.1, -0.05) is 103 Å². The highest BCUT2D eigenvalue weighted by molar-refractivity contribution is 7.86. The minimum atomic E-state index is -3.65. The number of hydrogen-bond donors (Lipinski definition) is 0. The van der Waals surface area contributed by atoms with E-state index in [9.17, 15) is 0 Å². The molecular weight excluding hydrogens is 740 g/mol. The molecule has 0 N–H and O–H groups in total. The third-order valence-corrected chi connectivity index (χ3v) is 16.1. The number of fused-ring (bicyclic) bond motifs is 6. The molecule has 0 aliphatic carbocycles. The molecule has 0 spiro atoms. The van der Waals surface area contributed by atoms with Crippen molar-refractivity contribution in [3.63, 3.8) is 0 Å². The number of anilines is 7. The van der Waals surface area contributed by atoms with Gasteiger partial charge in [0.05, 0.1) is 34.6 Å². The lowest BCUT2D eigenvalue weighted by atomic mass is 9.92. The van der Waals surface area contributed by atoms with Gasteiger partial charge in [0.25, 0.3) is 0 Å². The van der Waals surface area contributed by atoms with Gasteiger partial charge in [0, 0.05) is 52.5 Å². The van der Waals surface area contributed by atoms with E-state index in [1.165, 1.54) is 43.1 Å². The molecule has 11 aromatic rings. The smallest absolute Gasteiger partial charge is 0.187 e. The van der Waals surface area contributed by atoms with Crippen molar-refractivity contribution in [2.24, 2.45) is 0 Å². The minimum absolute atomic E-state index is 0.577. The molecule has 5 nitrogen and oxygen atoms in total. The Kier molecular flexibility index (Phi) is 6.31. The molecule has 0 aromatic heterocycles. The van der Waals surface area contributed by atoms with Gasteiger partial charge in [0.1, 0.15) is 0 Å². The summed E-state index contributed by atoms with van der Waals surface area (Å²) in [4.78, 5) is 10.5. The van der Waals surface area contributed by atoms with Crippen LogP contribution in [0.15, 0.2) is 164 Å². The summed E-state index contributed by atoms with van der Waals surface area (Å²) in [5.74, 6) is 0. The molecule has 2 aliphatic rings. The molecular formula is C53H33N4OP. The van der Waals surface area contributed by atoms with E-state index >= 15 is 4.57 Å². The van der Waals surface area contributed by atoms with Gasteiger partial charge in [-0.05, 0) is 115 Å². The van der Waals surface area contributed by atoms with Gasteiger partial charge in [-0.15, -0.1) is 0 Å². The van der Waals surface area contributed by atoms with Gasteiger partial charge < -0.3 is 19.3 Å². The van der Waals surface area contributed by atoms with Crippen molar-refractivity contribution in [2.75, 3.05) is 28.8 Å². The molecule has 0 saturated heterocycles. The second-order valence-electron chi connectivity index (χ2n) is 16.2. The minimum Gasteiger partial charge on any atom is -0.378 e. The van der Waals surface area contributed by atoms with Crippen LogP contribution in [0.25, 0.3) is 69.5 Å². The van der Waals surface area contributed by atoms with Crippen LogP contribution in [0.4, 0.5) is 45.5 Å².